The van der Waals surface area contributed by atoms with Crippen molar-refractivity contribution in [2.45, 2.75) is 0 Å². The monoisotopic (exact) mass is 390 g/mol. The first-order valence-electron chi connectivity index (χ1n) is 9.20. The fraction of sp³-hybridized carbons (Fsp3) is 0.0833. The summed E-state index contributed by atoms with van der Waals surface area (Å²) in [4.78, 5) is 8.21. The molecule has 30 heavy (non-hydrogen) atoms. The second kappa shape index (κ2) is 6.58. The predicted molar refractivity (Wildman–Crippen MR) is 114 cm³/mol. The normalized spacial score (nSPS) is 12.7. The molecule has 5 rings (SSSR count). The van der Waals surface area contributed by atoms with E-state index >= 15 is 0 Å². The predicted octanol–water partition coefficient (Wildman–Crippen LogP) is 3.96. The summed E-state index contributed by atoms with van der Waals surface area (Å²) in [6, 6.07) is 15.5. The fourth-order valence-electron chi connectivity index (χ4n) is 4.23. The first kappa shape index (κ1) is 17.7. The summed E-state index contributed by atoms with van der Waals surface area (Å²) >= 11 is 0. The lowest BCUT2D eigenvalue weighted by Gasteiger charge is -2.00. The maximum absolute atomic E-state index is 9.28. The number of nitrogens with zero attached hydrogens (tertiary/aromatic N) is 4. The minimum Gasteiger partial charge on any atom is -0.497 e. The van der Waals surface area contributed by atoms with Crippen LogP contribution in [-0.4, -0.2) is 14.2 Å². The molecule has 0 N–H and O–H groups in total. The van der Waals surface area contributed by atoms with Crippen LogP contribution in [0.5, 0.6) is 11.5 Å². The Labute approximate surface area is 170 Å². The van der Waals surface area contributed by atoms with Crippen molar-refractivity contribution in [3.8, 4) is 23.9 Å². The van der Waals surface area contributed by atoms with E-state index in [4.69, 9.17) is 9.47 Å². The molecule has 0 heterocycles. The molecule has 0 unspecified atom stereocenters. The van der Waals surface area contributed by atoms with E-state index in [9.17, 15) is 10.5 Å². The molecular formula is C24H14N4O2. The van der Waals surface area contributed by atoms with Gasteiger partial charge < -0.3 is 9.47 Å². The summed E-state index contributed by atoms with van der Waals surface area (Å²) in [5.41, 5.74) is 0. The van der Waals surface area contributed by atoms with Crippen LogP contribution in [0.15, 0.2) is 58.5 Å². The third kappa shape index (κ3) is 2.35. The summed E-state index contributed by atoms with van der Waals surface area (Å²) in [6.07, 6.45) is 3.85. The maximum atomic E-state index is 9.28. The third-order valence-corrected chi connectivity index (χ3v) is 5.54. The number of fused-ring (bicyclic) bond motifs is 6. The zero-order chi connectivity index (χ0) is 20.8. The zero-order valence-corrected chi connectivity index (χ0v) is 16.2. The summed E-state index contributed by atoms with van der Waals surface area (Å²) < 4.78 is 10.8. The molecule has 5 aromatic rings. The molecule has 6 nitrogen and oxygen atoms in total. The van der Waals surface area contributed by atoms with E-state index in [2.05, 4.69) is 9.98 Å². The standard InChI is InChI=1S/C24H14N4O2/c1-29-13-3-5-15-17(7-13)19-9-22-20(10-21(19)23(15)27-11-25)18-8-14(30-2)4-6-16(18)24(22)28-12-26/h3-10H,1-2H3/b27-23+,28-24+. The molecule has 0 amide bonds. The molecule has 0 fully saturated rings. The third-order valence-electron chi connectivity index (χ3n) is 5.54. The van der Waals surface area contributed by atoms with Gasteiger partial charge in [-0.3, -0.25) is 0 Å². The second-order valence-electron chi connectivity index (χ2n) is 6.89. The van der Waals surface area contributed by atoms with Crippen molar-refractivity contribution in [1.29, 1.82) is 10.5 Å². The molecule has 0 aliphatic heterocycles. The Balaban J connectivity index is 2.08. The van der Waals surface area contributed by atoms with Gasteiger partial charge in [-0.25, -0.2) is 0 Å². The zero-order valence-electron chi connectivity index (χ0n) is 16.2. The molecule has 0 atom stereocenters. The van der Waals surface area contributed by atoms with Crippen molar-refractivity contribution in [3.63, 3.8) is 0 Å². The maximum Gasteiger partial charge on any atom is 0.206 e. The van der Waals surface area contributed by atoms with Gasteiger partial charge >= 0.3 is 0 Å². The van der Waals surface area contributed by atoms with Crippen LogP contribution in [0.25, 0.3) is 43.1 Å². The van der Waals surface area contributed by atoms with E-state index in [0.29, 0.717) is 10.7 Å². The van der Waals surface area contributed by atoms with Crippen LogP contribution >= 0.6 is 0 Å². The van der Waals surface area contributed by atoms with Gasteiger partial charge in [0.25, 0.3) is 0 Å². The van der Waals surface area contributed by atoms with E-state index in [0.717, 1.165) is 54.6 Å². The minimum atomic E-state index is 0.628. The van der Waals surface area contributed by atoms with Gasteiger partial charge in [0.1, 0.15) is 11.5 Å². The number of benzene rings is 3. The minimum absolute atomic E-state index is 0.628. The van der Waals surface area contributed by atoms with Crippen molar-refractivity contribution in [1.82, 2.24) is 0 Å². The number of rotatable bonds is 2. The number of nitriles is 2. The van der Waals surface area contributed by atoms with Gasteiger partial charge in [0.15, 0.2) is 0 Å². The van der Waals surface area contributed by atoms with Crippen molar-refractivity contribution in [2.24, 2.45) is 9.98 Å². The Kier molecular flexibility index (Phi) is 3.87. The van der Waals surface area contributed by atoms with E-state index in [1.165, 1.54) is 0 Å². The number of hydrogen-bond donors (Lipinski definition) is 0. The molecule has 5 aromatic carbocycles. The van der Waals surface area contributed by atoms with Gasteiger partial charge in [0.2, 0.25) is 12.4 Å². The van der Waals surface area contributed by atoms with Crippen LogP contribution in [0.4, 0.5) is 0 Å². The highest BCUT2D eigenvalue weighted by molar-refractivity contribution is 6.21. The highest BCUT2D eigenvalue weighted by atomic mass is 16.5. The van der Waals surface area contributed by atoms with Gasteiger partial charge in [0.05, 0.1) is 24.9 Å². The Morgan fingerprint density at radius 2 is 0.967 bits per heavy atom. The van der Waals surface area contributed by atoms with Crippen LogP contribution < -0.4 is 20.2 Å². The SMILES string of the molecule is COc1ccc2/c(=N\C#N)c3cc4c(cc3c2c1)/c(=N/C#N)c1ccc(OC)cc14. The summed E-state index contributed by atoms with van der Waals surface area (Å²) in [6.45, 7) is 0. The Bertz CT molecular complexity index is 1560. The molecule has 142 valence electrons. The molecule has 0 aliphatic rings. The topological polar surface area (TPSA) is 90.8 Å². The van der Waals surface area contributed by atoms with Crippen LogP contribution in [-0.2, 0) is 0 Å². The number of methoxy groups -OCH3 is 2. The van der Waals surface area contributed by atoms with Crippen LogP contribution in [0.2, 0.25) is 0 Å². The molecule has 0 saturated carbocycles. The first-order valence-corrected chi connectivity index (χ1v) is 9.20. The second-order valence-corrected chi connectivity index (χ2v) is 6.89. The Hall–Kier alpha value is -4.42. The number of hydrogen-bond acceptors (Lipinski definition) is 6. The molecule has 0 saturated heterocycles. The Morgan fingerprint density at radius 1 is 0.567 bits per heavy atom. The molecule has 0 aromatic heterocycles. The molecule has 0 radical (unpaired) electrons. The molecular weight excluding hydrogens is 376 g/mol. The van der Waals surface area contributed by atoms with Gasteiger partial charge in [-0.05, 0) is 70.1 Å². The smallest absolute Gasteiger partial charge is 0.206 e. The summed E-state index contributed by atoms with van der Waals surface area (Å²) in [7, 11) is 3.23. The van der Waals surface area contributed by atoms with Crippen molar-refractivity contribution >= 4 is 43.1 Å². The van der Waals surface area contributed by atoms with E-state index < -0.39 is 0 Å². The van der Waals surface area contributed by atoms with Gasteiger partial charge in [-0.1, -0.05) is 0 Å². The van der Waals surface area contributed by atoms with Crippen LogP contribution in [0.3, 0.4) is 0 Å². The number of ether oxygens (including phenoxy) is 2. The van der Waals surface area contributed by atoms with E-state index in [-0.39, 0.29) is 0 Å². The lowest BCUT2D eigenvalue weighted by Crippen LogP contribution is -1.99. The molecule has 0 bridgehead atoms. The van der Waals surface area contributed by atoms with E-state index in [1.54, 1.807) is 14.2 Å². The van der Waals surface area contributed by atoms with Gasteiger partial charge in [0, 0.05) is 21.5 Å². The first-order chi connectivity index (χ1) is 14.7. The summed E-state index contributed by atoms with van der Waals surface area (Å²) in [5.74, 6) is 1.44. The highest BCUT2D eigenvalue weighted by Crippen LogP contribution is 2.34. The van der Waals surface area contributed by atoms with Crippen LogP contribution in [0, 0.1) is 22.9 Å². The van der Waals surface area contributed by atoms with Crippen molar-refractivity contribution in [3.05, 3.63) is 59.2 Å². The summed E-state index contributed by atoms with van der Waals surface area (Å²) in [5, 5.41) is 27.0. The fourth-order valence-corrected chi connectivity index (χ4v) is 4.23. The van der Waals surface area contributed by atoms with Gasteiger partial charge in [-0.2, -0.15) is 20.5 Å². The average Bonchev–Trinajstić information content (AvgIpc) is 3.25. The van der Waals surface area contributed by atoms with Crippen LogP contribution in [0.1, 0.15) is 0 Å². The molecule has 0 spiro atoms. The highest BCUT2D eigenvalue weighted by Gasteiger charge is 2.16. The Morgan fingerprint density at radius 3 is 1.33 bits per heavy atom. The van der Waals surface area contributed by atoms with Crippen molar-refractivity contribution < 1.29 is 9.47 Å². The largest absolute Gasteiger partial charge is 0.497 e. The lowest BCUT2D eigenvalue weighted by atomic mass is 10.1. The van der Waals surface area contributed by atoms with E-state index in [1.807, 2.05) is 60.9 Å². The lowest BCUT2D eigenvalue weighted by molar-refractivity contribution is 0.415. The average molecular weight is 390 g/mol. The molecule has 0 aliphatic carbocycles. The quantitative estimate of drug-likeness (QED) is 0.427. The van der Waals surface area contributed by atoms with Gasteiger partial charge in [-0.15, -0.1) is 0 Å². The van der Waals surface area contributed by atoms with Crippen molar-refractivity contribution in [2.75, 3.05) is 14.2 Å². The molecule has 6 heteroatoms.